The highest BCUT2D eigenvalue weighted by atomic mass is 19.4. The van der Waals surface area contributed by atoms with E-state index in [1.165, 1.54) is 18.2 Å². The third kappa shape index (κ3) is 2.00. The maximum absolute atomic E-state index is 12.7. The molecule has 1 saturated carbocycles. The molecule has 0 aromatic heterocycles. The van der Waals surface area contributed by atoms with E-state index in [9.17, 15) is 13.2 Å². The van der Waals surface area contributed by atoms with Crippen LogP contribution in [-0.2, 0) is 0 Å². The van der Waals surface area contributed by atoms with E-state index in [1.54, 1.807) is 0 Å². The lowest BCUT2D eigenvalue weighted by Crippen LogP contribution is -2.38. The minimum atomic E-state index is -4.30. The number of alkyl halides is 3. The van der Waals surface area contributed by atoms with Crippen LogP contribution >= 0.6 is 0 Å². The van der Waals surface area contributed by atoms with E-state index in [0.717, 1.165) is 0 Å². The molecule has 6 heteroatoms. The van der Waals surface area contributed by atoms with E-state index < -0.39 is 11.7 Å². The Hall–Kier alpha value is -1.90. The lowest BCUT2D eigenvalue weighted by atomic mass is 10.1. The second kappa shape index (κ2) is 3.55. The SMILES string of the molecule is N#Cc1cc(N)ccc1NC1(C(F)(F)F)CC1. The molecule has 0 radical (unpaired) electrons. The first-order valence-corrected chi connectivity index (χ1v) is 5.02. The summed E-state index contributed by atoms with van der Waals surface area (Å²) >= 11 is 0. The van der Waals surface area contributed by atoms with Crippen molar-refractivity contribution in [1.29, 1.82) is 5.26 Å². The van der Waals surface area contributed by atoms with Gasteiger partial charge in [0.15, 0.2) is 0 Å². The molecule has 1 aromatic carbocycles. The van der Waals surface area contributed by atoms with Gasteiger partial charge in [0.05, 0.1) is 11.3 Å². The number of hydrogen-bond donors (Lipinski definition) is 2. The van der Waals surface area contributed by atoms with Gasteiger partial charge in [-0.25, -0.2) is 0 Å². The number of halogens is 3. The number of rotatable bonds is 2. The Morgan fingerprint density at radius 2 is 2.00 bits per heavy atom. The first-order valence-electron chi connectivity index (χ1n) is 5.02. The van der Waals surface area contributed by atoms with Crippen molar-refractivity contribution < 1.29 is 13.2 Å². The van der Waals surface area contributed by atoms with Crippen molar-refractivity contribution in [2.24, 2.45) is 0 Å². The van der Waals surface area contributed by atoms with E-state index in [1.807, 2.05) is 6.07 Å². The molecule has 3 nitrogen and oxygen atoms in total. The molecule has 0 bridgehead atoms. The van der Waals surface area contributed by atoms with Gasteiger partial charge < -0.3 is 11.1 Å². The summed E-state index contributed by atoms with van der Waals surface area (Å²) in [5, 5.41) is 11.2. The number of nitrogens with zero attached hydrogens (tertiary/aromatic N) is 1. The van der Waals surface area contributed by atoms with Gasteiger partial charge in [0, 0.05) is 5.69 Å². The molecular weight excluding hydrogens is 231 g/mol. The van der Waals surface area contributed by atoms with E-state index >= 15 is 0 Å². The Balaban J connectivity index is 2.29. The molecule has 17 heavy (non-hydrogen) atoms. The Kier molecular flexibility index (Phi) is 2.42. The summed E-state index contributed by atoms with van der Waals surface area (Å²) in [4.78, 5) is 0. The number of anilines is 2. The summed E-state index contributed by atoms with van der Waals surface area (Å²) in [5.41, 5.74) is 4.25. The smallest absolute Gasteiger partial charge is 0.399 e. The fraction of sp³-hybridized carbons (Fsp3) is 0.364. The molecule has 0 atom stereocenters. The Labute approximate surface area is 96.0 Å². The molecule has 1 aliphatic carbocycles. The van der Waals surface area contributed by atoms with Gasteiger partial charge in [0.2, 0.25) is 0 Å². The highest BCUT2D eigenvalue weighted by Gasteiger charge is 2.63. The number of benzene rings is 1. The summed E-state index contributed by atoms with van der Waals surface area (Å²) in [6, 6.07) is 6.05. The molecule has 0 amide bonds. The van der Waals surface area contributed by atoms with E-state index in [4.69, 9.17) is 11.0 Å². The third-order valence-electron chi connectivity index (χ3n) is 2.83. The van der Waals surface area contributed by atoms with E-state index in [-0.39, 0.29) is 24.1 Å². The summed E-state index contributed by atoms with van der Waals surface area (Å²) in [6.07, 6.45) is -4.24. The number of nitrogens with one attached hydrogen (secondary N) is 1. The van der Waals surface area contributed by atoms with Crippen molar-refractivity contribution in [3.05, 3.63) is 23.8 Å². The van der Waals surface area contributed by atoms with Crippen molar-refractivity contribution in [3.63, 3.8) is 0 Å². The second-order valence-corrected chi connectivity index (χ2v) is 4.12. The highest BCUT2D eigenvalue weighted by Crippen LogP contribution is 2.51. The van der Waals surface area contributed by atoms with Gasteiger partial charge >= 0.3 is 6.18 Å². The first kappa shape index (κ1) is 11.6. The van der Waals surface area contributed by atoms with Crippen LogP contribution in [0.5, 0.6) is 0 Å². The van der Waals surface area contributed by atoms with Crippen molar-refractivity contribution in [1.82, 2.24) is 0 Å². The zero-order chi connectivity index (χ0) is 12.7. The maximum atomic E-state index is 12.7. The molecule has 1 aliphatic rings. The van der Waals surface area contributed by atoms with Gasteiger partial charge in [-0.1, -0.05) is 0 Å². The van der Waals surface area contributed by atoms with Crippen LogP contribution in [0.4, 0.5) is 24.5 Å². The summed E-state index contributed by atoms with van der Waals surface area (Å²) < 4.78 is 38.2. The second-order valence-electron chi connectivity index (χ2n) is 4.12. The number of hydrogen-bond acceptors (Lipinski definition) is 3. The Morgan fingerprint density at radius 1 is 1.35 bits per heavy atom. The predicted octanol–water partition coefficient (Wildman–Crippen LogP) is 2.65. The van der Waals surface area contributed by atoms with Crippen LogP contribution in [0.3, 0.4) is 0 Å². The Morgan fingerprint density at radius 3 is 2.47 bits per heavy atom. The van der Waals surface area contributed by atoms with Crippen LogP contribution in [0.1, 0.15) is 18.4 Å². The minimum absolute atomic E-state index is 0.0335. The zero-order valence-electron chi connectivity index (χ0n) is 8.80. The molecule has 2 rings (SSSR count). The number of nitriles is 1. The third-order valence-corrected chi connectivity index (χ3v) is 2.83. The van der Waals surface area contributed by atoms with Gasteiger partial charge in [0.1, 0.15) is 11.6 Å². The van der Waals surface area contributed by atoms with E-state index in [0.29, 0.717) is 5.69 Å². The highest BCUT2D eigenvalue weighted by molar-refractivity contribution is 5.64. The van der Waals surface area contributed by atoms with Crippen LogP contribution < -0.4 is 11.1 Å². The molecule has 1 fully saturated rings. The molecule has 0 heterocycles. The minimum Gasteiger partial charge on any atom is -0.399 e. The Bertz CT molecular complexity index is 484. The molecule has 0 aliphatic heterocycles. The van der Waals surface area contributed by atoms with Gasteiger partial charge in [-0.15, -0.1) is 0 Å². The standard InChI is InChI=1S/C11H10F3N3/c12-11(13,14)10(3-4-10)17-9-2-1-8(16)5-7(9)6-15/h1-2,5,17H,3-4,16H2. The molecule has 3 N–H and O–H groups in total. The monoisotopic (exact) mass is 241 g/mol. The van der Waals surface area contributed by atoms with Crippen LogP contribution in [0.25, 0.3) is 0 Å². The first-order chi connectivity index (χ1) is 7.88. The summed E-state index contributed by atoms with van der Waals surface area (Å²) in [6.45, 7) is 0. The van der Waals surface area contributed by atoms with Crippen LogP contribution in [0.2, 0.25) is 0 Å². The fourth-order valence-electron chi connectivity index (χ4n) is 1.63. The zero-order valence-corrected chi connectivity index (χ0v) is 8.80. The molecular formula is C11H10F3N3. The average Bonchev–Trinajstić information content (AvgIpc) is 3.01. The van der Waals surface area contributed by atoms with Crippen molar-refractivity contribution >= 4 is 11.4 Å². The maximum Gasteiger partial charge on any atom is 0.411 e. The lowest BCUT2D eigenvalue weighted by molar-refractivity contribution is -0.151. The molecule has 0 saturated heterocycles. The quantitative estimate of drug-likeness (QED) is 0.782. The average molecular weight is 241 g/mol. The summed E-state index contributed by atoms with van der Waals surface area (Å²) in [5.74, 6) is 0. The van der Waals surface area contributed by atoms with Gasteiger partial charge in [-0.3, -0.25) is 0 Å². The van der Waals surface area contributed by atoms with Crippen molar-refractivity contribution in [2.75, 3.05) is 11.1 Å². The van der Waals surface area contributed by atoms with Crippen LogP contribution in [0.15, 0.2) is 18.2 Å². The van der Waals surface area contributed by atoms with Gasteiger partial charge in [0.25, 0.3) is 0 Å². The molecule has 0 spiro atoms. The van der Waals surface area contributed by atoms with Crippen molar-refractivity contribution in [2.45, 2.75) is 24.6 Å². The number of nitrogen functional groups attached to an aromatic ring is 1. The van der Waals surface area contributed by atoms with E-state index in [2.05, 4.69) is 5.32 Å². The molecule has 0 unspecified atom stereocenters. The van der Waals surface area contributed by atoms with Crippen molar-refractivity contribution in [3.8, 4) is 6.07 Å². The number of nitrogens with two attached hydrogens (primary N) is 1. The lowest BCUT2D eigenvalue weighted by Gasteiger charge is -2.22. The molecule has 90 valence electrons. The topological polar surface area (TPSA) is 61.8 Å². The van der Waals surface area contributed by atoms with Gasteiger partial charge in [-0.2, -0.15) is 18.4 Å². The normalized spacial score (nSPS) is 17.3. The summed E-state index contributed by atoms with van der Waals surface area (Å²) in [7, 11) is 0. The van der Waals surface area contributed by atoms with Crippen LogP contribution in [0, 0.1) is 11.3 Å². The molecule has 1 aromatic rings. The largest absolute Gasteiger partial charge is 0.411 e. The van der Waals surface area contributed by atoms with Crippen LogP contribution in [-0.4, -0.2) is 11.7 Å². The van der Waals surface area contributed by atoms with Gasteiger partial charge in [-0.05, 0) is 31.0 Å². The fourth-order valence-corrected chi connectivity index (χ4v) is 1.63. The predicted molar refractivity (Wildman–Crippen MR) is 57.2 cm³/mol.